The first-order valence-electron chi connectivity index (χ1n) is 13.2. The minimum Gasteiger partial charge on any atom is -0.367 e. The summed E-state index contributed by atoms with van der Waals surface area (Å²) in [5.41, 5.74) is 2.99. The minimum absolute atomic E-state index is 0.0201. The molecule has 9 heteroatoms. The van der Waals surface area contributed by atoms with E-state index >= 15 is 0 Å². The topological polar surface area (TPSA) is 85.0 Å². The number of para-hydroxylation sites is 1. The van der Waals surface area contributed by atoms with Crippen molar-refractivity contribution in [2.75, 3.05) is 48.8 Å². The molecule has 1 aliphatic heterocycles. The van der Waals surface area contributed by atoms with E-state index in [1.807, 2.05) is 42.5 Å². The molecule has 1 saturated carbocycles. The molecule has 39 heavy (non-hydrogen) atoms. The van der Waals surface area contributed by atoms with E-state index in [0.29, 0.717) is 44.0 Å². The Morgan fingerprint density at radius 2 is 1.59 bits per heavy atom. The van der Waals surface area contributed by atoms with Gasteiger partial charge >= 0.3 is 6.03 Å². The van der Waals surface area contributed by atoms with E-state index in [2.05, 4.69) is 15.5 Å². The van der Waals surface area contributed by atoms with Crippen molar-refractivity contribution in [2.45, 2.75) is 19.4 Å². The number of amides is 4. The molecule has 4 amide bonds. The van der Waals surface area contributed by atoms with E-state index in [0.717, 1.165) is 24.1 Å². The number of carbonyl (C=O) groups is 3. The highest BCUT2D eigenvalue weighted by Crippen LogP contribution is 2.32. The van der Waals surface area contributed by atoms with E-state index < -0.39 is 5.82 Å². The Labute approximate surface area is 227 Å². The fourth-order valence-corrected chi connectivity index (χ4v) is 4.69. The Balaban J connectivity index is 1.31. The number of carbonyl (C=O) groups excluding carboxylic acids is 3. The molecule has 2 aliphatic rings. The van der Waals surface area contributed by atoms with Crippen LogP contribution in [-0.2, 0) is 11.3 Å². The van der Waals surface area contributed by atoms with Crippen LogP contribution in [0.3, 0.4) is 0 Å². The van der Waals surface area contributed by atoms with Gasteiger partial charge in [0.25, 0.3) is 5.91 Å². The second kappa shape index (κ2) is 11.6. The lowest BCUT2D eigenvalue weighted by atomic mass is 10.1. The van der Waals surface area contributed by atoms with Crippen molar-refractivity contribution in [1.82, 2.24) is 9.80 Å². The van der Waals surface area contributed by atoms with Crippen LogP contribution in [0.4, 0.5) is 26.2 Å². The van der Waals surface area contributed by atoms with Crippen molar-refractivity contribution in [3.8, 4) is 0 Å². The summed E-state index contributed by atoms with van der Waals surface area (Å²) in [5.74, 6) is -0.612. The molecule has 3 aromatic carbocycles. The molecule has 8 nitrogen and oxygen atoms in total. The fraction of sp³-hybridized carbons (Fsp3) is 0.300. The van der Waals surface area contributed by atoms with Gasteiger partial charge in [-0.25, -0.2) is 9.18 Å². The highest BCUT2D eigenvalue weighted by molar-refractivity contribution is 6.02. The van der Waals surface area contributed by atoms with Gasteiger partial charge in [-0.05, 0) is 48.7 Å². The van der Waals surface area contributed by atoms with Crippen LogP contribution in [-0.4, -0.2) is 60.9 Å². The zero-order valence-electron chi connectivity index (χ0n) is 21.9. The maximum atomic E-state index is 14.0. The van der Waals surface area contributed by atoms with Crippen molar-refractivity contribution in [3.63, 3.8) is 0 Å². The molecule has 0 radical (unpaired) electrons. The summed E-state index contributed by atoms with van der Waals surface area (Å²) < 4.78 is 14.0. The van der Waals surface area contributed by atoms with E-state index in [1.165, 1.54) is 12.1 Å². The predicted molar refractivity (Wildman–Crippen MR) is 149 cm³/mol. The molecule has 2 fully saturated rings. The highest BCUT2D eigenvalue weighted by Gasteiger charge is 2.30. The summed E-state index contributed by atoms with van der Waals surface area (Å²) in [5, 5.41) is 5.58. The summed E-state index contributed by atoms with van der Waals surface area (Å²) in [4.78, 5) is 44.2. The third-order valence-corrected chi connectivity index (χ3v) is 7.07. The lowest BCUT2D eigenvalue weighted by Gasteiger charge is -2.37. The SMILES string of the molecule is CN(Cc1ccccc1)C(=O)c1cc(NC(=O)C2CC2)ccc1N1CCN(C(=O)Nc2ccccc2F)CC1. The molecule has 1 aliphatic carbocycles. The molecular weight excluding hydrogens is 497 g/mol. The number of benzene rings is 3. The van der Waals surface area contributed by atoms with Crippen LogP contribution in [0.5, 0.6) is 0 Å². The number of urea groups is 1. The standard InChI is InChI=1S/C30H32FN5O3/c1-34(20-21-7-3-2-4-8-21)29(38)24-19-23(32-28(37)22-11-12-22)13-14-27(24)35-15-17-36(18-16-35)30(39)33-26-10-6-5-9-25(26)31/h2-10,13-14,19,22H,11-12,15-18,20H2,1H3,(H,32,37)(H,33,39). The van der Waals surface area contributed by atoms with E-state index in [-0.39, 0.29) is 29.5 Å². The Kier molecular flexibility index (Phi) is 7.76. The third-order valence-electron chi connectivity index (χ3n) is 7.07. The number of rotatable bonds is 7. The van der Waals surface area contributed by atoms with Gasteiger partial charge in [-0.1, -0.05) is 42.5 Å². The van der Waals surface area contributed by atoms with Crippen LogP contribution in [0, 0.1) is 11.7 Å². The first kappa shape index (κ1) is 26.2. The molecule has 0 atom stereocenters. The van der Waals surface area contributed by atoms with Gasteiger partial charge in [-0.2, -0.15) is 0 Å². The van der Waals surface area contributed by atoms with Crippen LogP contribution in [0.15, 0.2) is 72.8 Å². The van der Waals surface area contributed by atoms with Crippen LogP contribution in [0.25, 0.3) is 0 Å². The monoisotopic (exact) mass is 529 g/mol. The summed E-state index contributed by atoms with van der Waals surface area (Å²) in [6, 6.07) is 20.9. The maximum absolute atomic E-state index is 14.0. The average molecular weight is 530 g/mol. The largest absolute Gasteiger partial charge is 0.367 e. The number of hydrogen-bond acceptors (Lipinski definition) is 4. The highest BCUT2D eigenvalue weighted by atomic mass is 19.1. The van der Waals surface area contributed by atoms with Gasteiger partial charge in [0.05, 0.1) is 11.3 Å². The van der Waals surface area contributed by atoms with Gasteiger partial charge in [-0.15, -0.1) is 0 Å². The summed E-state index contributed by atoms with van der Waals surface area (Å²) in [6.45, 7) is 2.27. The van der Waals surface area contributed by atoms with Crippen molar-refractivity contribution in [3.05, 3.63) is 89.7 Å². The first-order valence-corrected chi connectivity index (χ1v) is 13.2. The zero-order valence-corrected chi connectivity index (χ0v) is 21.9. The normalized spacial score (nSPS) is 15.0. The predicted octanol–water partition coefficient (Wildman–Crippen LogP) is 4.80. The quantitative estimate of drug-likeness (QED) is 0.461. The van der Waals surface area contributed by atoms with Crippen LogP contribution in [0.1, 0.15) is 28.8 Å². The smallest absolute Gasteiger partial charge is 0.322 e. The maximum Gasteiger partial charge on any atom is 0.322 e. The fourth-order valence-electron chi connectivity index (χ4n) is 4.69. The third kappa shape index (κ3) is 6.37. The van der Waals surface area contributed by atoms with Gasteiger partial charge < -0.3 is 25.3 Å². The molecule has 0 bridgehead atoms. The molecule has 0 aromatic heterocycles. The lowest BCUT2D eigenvalue weighted by molar-refractivity contribution is -0.117. The summed E-state index contributed by atoms with van der Waals surface area (Å²) >= 11 is 0. The zero-order chi connectivity index (χ0) is 27.4. The van der Waals surface area contributed by atoms with Crippen molar-refractivity contribution in [1.29, 1.82) is 0 Å². The number of hydrogen-bond donors (Lipinski definition) is 2. The van der Waals surface area contributed by atoms with Gasteiger partial charge in [0.15, 0.2) is 0 Å². The Bertz CT molecular complexity index is 1350. The van der Waals surface area contributed by atoms with Gasteiger partial charge in [0, 0.05) is 57.1 Å². The molecule has 2 N–H and O–H groups in total. The van der Waals surface area contributed by atoms with Crippen molar-refractivity contribution < 1.29 is 18.8 Å². The molecule has 1 saturated heterocycles. The van der Waals surface area contributed by atoms with Crippen molar-refractivity contribution >= 4 is 34.9 Å². The Morgan fingerprint density at radius 1 is 0.897 bits per heavy atom. The number of nitrogens with one attached hydrogen (secondary N) is 2. The number of piperazine rings is 1. The average Bonchev–Trinajstić information content (AvgIpc) is 3.80. The second-order valence-electron chi connectivity index (χ2n) is 10.0. The van der Waals surface area contributed by atoms with E-state index in [9.17, 15) is 18.8 Å². The second-order valence-corrected chi connectivity index (χ2v) is 10.0. The molecule has 0 unspecified atom stereocenters. The Morgan fingerprint density at radius 3 is 2.28 bits per heavy atom. The molecule has 202 valence electrons. The summed E-state index contributed by atoms with van der Waals surface area (Å²) in [7, 11) is 1.76. The summed E-state index contributed by atoms with van der Waals surface area (Å²) in [6.07, 6.45) is 1.79. The van der Waals surface area contributed by atoms with E-state index in [1.54, 1.807) is 35.0 Å². The molecule has 1 heterocycles. The van der Waals surface area contributed by atoms with Gasteiger partial charge in [0.2, 0.25) is 5.91 Å². The van der Waals surface area contributed by atoms with E-state index in [4.69, 9.17) is 0 Å². The van der Waals surface area contributed by atoms with Crippen LogP contribution >= 0.6 is 0 Å². The molecule has 5 rings (SSSR count). The van der Waals surface area contributed by atoms with Crippen molar-refractivity contribution in [2.24, 2.45) is 5.92 Å². The number of anilines is 3. The first-order chi connectivity index (χ1) is 18.9. The van der Waals surface area contributed by atoms with Crippen LogP contribution in [0.2, 0.25) is 0 Å². The molecule has 0 spiro atoms. The number of halogens is 1. The number of nitrogens with zero attached hydrogens (tertiary/aromatic N) is 3. The minimum atomic E-state index is -0.485. The molecular formula is C30H32FN5O3. The van der Waals surface area contributed by atoms with Gasteiger partial charge in [0.1, 0.15) is 5.82 Å². The van der Waals surface area contributed by atoms with Gasteiger partial charge in [-0.3, -0.25) is 9.59 Å². The Hall–Kier alpha value is -4.40. The van der Waals surface area contributed by atoms with Crippen LogP contribution < -0.4 is 15.5 Å². The lowest BCUT2D eigenvalue weighted by Crippen LogP contribution is -2.50. The molecule has 3 aromatic rings.